The molecule has 0 fully saturated rings. The lowest BCUT2D eigenvalue weighted by atomic mass is 10.2. The van der Waals surface area contributed by atoms with Gasteiger partial charge in [-0.3, -0.25) is 0 Å². The Kier molecular flexibility index (Phi) is 2.40. The summed E-state index contributed by atoms with van der Waals surface area (Å²) in [5.41, 5.74) is 0.899. The van der Waals surface area contributed by atoms with Crippen LogP contribution in [0.25, 0.3) is 0 Å². The summed E-state index contributed by atoms with van der Waals surface area (Å²) in [5, 5.41) is 10.1. The maximum atomic E-state index is 12.2. The second-order valence-electron chi connectivity index (χ2n) is 2.08. The van der Waals surface area contributed by atoms with Gasteiger partial charge in [-0.05, 0) is 24.1 Å². The summed E-state index contributed by atoms with van der Waals surface area (Å²) in [7, 11) is 0. The Labute approximate surface area is 59.1 Å². The van der Waals surface area contributed by atoms with E-state index in [-0.39, 0.29) is 12.4 Å². The molecule has 1 nitrogen and oxygen atoms in total. The molecule has 53 valence electrons. The van der Waals surface area contributed by atoms with E-state index in [9.17, 15) is 9.50 Å². The first-order valence-electron chi connectivity index (χ1n) is 3.15. The number of benzene rings is 1. The van der Waals surface area contributed by atoms with Crippen LogP contribution in [0.15, 0.2) is 24.3 Å². The fourth-order valence-electron chi connectivity index (χ4n) is 0.769. The molecule has 10 heavy (non-hydrogen) atoms. The van der Waals surface area contributed by atoms with E-state index in [4.69, 9.17) is 0 Å². The van der Waals surface area contributed by atoms with Gasteiger partial charge in [0.1, 0.15) is 5.82 Å². The van der Waals surface area contributed by atoms with Crippen LogP contribution in [0.2, 0.25) is 0 Å². The molecule has 0 unspecified atom stereocenters. The van der Waals surface area contributed by atoms with Crippen LogP contribution < -0.4 is 0 Å². The van der Waals surface area contributed by atoms with Crippen LogP contribution >= 0.6 is 0 Å². The molecule has 1 rings (SSSR count). The van der Waals surface area contributed by atoms with Gasteiger partial charge in [-0.1, -0.05) is 12.1 Å². The molecule has 0 aliphatic carbocycles. The van der Waals surface area contributed by atoms with Crippen LogP contribution in [-0.2, 0) is 11.5 Å². The summed E-state index contributed by atoms with van der Waals surface area (Å²) >= 11 is 0. The predicted molar refractivity (Wildman–Crippen MR) is 35.7 cm³/mol. The molecule has 0 atom stereocenters. The van der Waals surface area contributed by atoms with Gasteiger partial charge in [-0.15, -0.1) is 0 Å². The van der Waals surface area contributed by atoms with Crippen molar-refractivity contribution in [3.8, 4) is 0 Å². The third-order valence-corrected chi connectivity index (χ3v) is 1.30. The van der Waals surface area contributed by atoms with Crippen LogP contribution in [0, 0.1) is 5.82 Å². The Hall–Kier alpha value is -0.890. The first-order valence-corrected chi connectivity index (χ1v) is 3.15. The molecule has 0 N–H and O–H groups in total. The molecule has 1 aromatic rings. The van der Waals surface area contributed by atoms with E-state index in [1.54, 1.807) is 12.1 Å². The highest BCUT2D eigenvalue weighted by molar-refractivity contribution is 5.15. The van der Waals surface area contributed by atoms with E-state index < -0.39 is 0 Å². The normalized spacial score (nSPS) is 9.80. The number of rotatable bonds is 2. The quantitative estimate of drug-likeness (QED) is 0.595. The minimum absolute atomic E-state index is 0.133. The van der Waals surface area contributed by atoms with Crippen molar-refractivity contribution >= 4 is 0 Å². The lowest BCUT2D eigenvalue weighted by molar-refractivity contribution is 0.197. The Morgan fingerprint density at radius 3 is 2.30 bits per heavy atom. The van der Waals surface area contributed by atoms with Gasteiger partial charge in [0.2, 0.25) is 0 Å². The Morgan fingerprint density at radius 2 is 1.80 bits per heavy atom. The second-order valence-corrected chi connectivity index (χ2v) is 2.08. The molecule has 0 saturated carbocycles. The Bertz CT molecular complexity index is 193. The van der Waals surface area contributed by atoms with E-state index in [2.05, 4.69) is 0 Å². The van der Waals surface area contributed by atoms with Gasteiger partial charge in [0.25, 0.3) is 0 Å². The Balaban J connectivity index is 2.69. The lowest BCUT2D eigenvalue weighted by Gasteiger charge is -1.94. The van der Waals surface area contributed by atoms with Crippen molar-refractivity contribution in [2.75, 3.05) is 6.61 Å². The Morgan fingerprint density at radius 1 is 1.20 bits per heavy atom. The van der Waals surface area contributed by atoms with Gasteiger partial charge in [0.05, 0.1) is 6.61 Å². The van der Waals surface area contributed by atoms with Gasteiger partial charge < -0.3 is 0 Å². The molecule has 1 aromatic carbocycles. The molecule has 0 heterocycles. The first-order chi connectivity index (χ1) is 4.83. The highest BCUT2D eigenvalue weighted by Gasteiger charge is 1.91. The van der Waals surface area contributed by atoms with Gasteiger partial charge in [0, 0.05) is 0 Å². The minimum atomic E-state index is -0.255. The number of hydrogen-bond donors (Lipinski definition) is 0. The van der Waals surface area contributed by atoms with Crippen LogP contribution in [0.1, 0.15) is 5.56 Å². The standard InChI is InChI=1S/C8H8FO/c9-8-3-1-7(2-4-8)5-6-10/h1-4H,5-6H2. The van der Waals surface area contributed by atoms with E-state index in [0.717, 1.165) is 5.56 Å². The van der Waals surface area contributed by atoms with Crippen LogP contribution in [0.3, 0.4) is 0 Å². The molecule has 0 spiro atoms. The highest BCUT2D eigenvalue weighted by atomic mass is 19.1. The van der Waals surface area contributed by atoms with Crippen molar-refractivity contribution in [1.29, 1.82) is 0 Å². The van der Waals surface area contributed by atoms with E-state index >= 15 is 0 Å². The summed E-state index contributed by atoms with van der Waals surface area (Å²) < 4.78 is 12.2. The summed E-state index contributed by atoms with van der Waals surface area (Å²) in [6, 6.07) is 6.00. The molecule has 0 bridgehead atoms. The highest BCUT2D eigenvalue weighted by Crippen LogP contribution is 2.02. The number of hydrogen-bond acceptors (Lipinski definition) is 0. The summed E-state index contributed by atoms with van der Waals surface area (Å²) in [6.45, 7) is -0.133. The third-order valence-electron chi connectivity index (χ3n) is 1.30. The zero-order valence-electron chi connectivity index (χ0n) is 5.51. The van der Waals surface area contributed by atoms with Crippen LogP contribution in [0.5, 0.6) is 0 Å². The molecule has 0 aromatic heterocycles. The average Bonchev–Trinajstić information content (AvgIpc) is 1.95. The molecule has 1 radical (unpaired) electrons. The third kappa shape index (κ3) is 1.81. The molecular formula is C8H8FO. The van der Waals surface area contributed by atoms with Crippen LogP contribution in [-0.4, -0.2) is 6.61 Å². The van der Waals surface area contributed by atoms with E-state index in [0.29, 0.717) is 6.42 Å². The SMILES string of the molecule is [O]CCc1ccc(F)cc1. The summed E-state index contributed by atoms with van der Waals surface area (Å²) in [6.07, 6.45) is 0.486. The van der Waals surface area contributed by atoms with Crippen molar-refractivity contribution < 1.29 is 9.50 Å². The molecule has 2 heteroatoms. The fraction of sp³-hybridized carbons (Fsp3) is 0.250. The fourth-order valence-corrected chi connectivity index (χ4v) is 0.769. The van der Waals surface area contributed by atoms with Crippen molar-refractivity contribution in [2.45, 2.75) is 6.42 Å². The van der Waals surface area contributed by atoms with Gasteiger partial charge >= 0.3 is 0 Å². The summed E-state index contributed by atoms with van der Waals surface area (Å²) in [5.74, 6) is -0.255. The molecule has 0 aliphatic heterocycles. The smallest absolute Gasteiger partial charge is 0.123 e. The monoisotopic (exact) mass is 139 g/mol. The zero-order chi connectivity index (χ0) is 7.40. The maximum absolute atomic E-state index is 12.2. The largest absolute Gasteiger partial charge is 0.236 e. The van der Waals surface area contributed by atoms with E-state index in [1.807, 2.05) is 0 Å². The van der Waals surface area contributed by atoms with E-state index in [1.165, 1.54) is 12.1 Å². The second kappa shape index (κ2) is 3.32. The number of halogens is 1. The minimum Gasteiger partial charge on any atom is -0.236 e. The molecule has 0 amide bonds. The van der Waals surface area contributed by atoms with Gasteiger partial charge in [-0.25, -0.2) is 9.50 Å². The molecule has 0 aliphatic rings. The van der Waals surface area contributed by atoms with Gasteiger partial charge in [-0.2, -0.15) is 0 Å². The summed E-state index contributed by atoms with van der Waals surface area (Å²) in [4.78, 5) is 0. The topological polar surface area (TPSA) is 19.9 Å². The van der Waals surface area contributed by atoms with Gasteiger partial charge in [0.15, 0.2) is 0 Å². The van der Waals surface area contributed by atoms with Crippen molar-refractivity contribution in [1.82, 2.24) is 0 Å². The maximum Gasteiger partial charge on any atom is 0.123 e. The van der Waals surface area contributed by atoms with Crippen molar-refractivity contribution in [3.05, 3.63) is 35.6 Å². The van der Waals surface area contributed by atoms with Crippen molar-refractivity contribution in [3.63, 3.8) is 0 Å². The van der Waals surface area contributed by atoms with Crippen molar-refractivity contribution in [2.24, 2.45) is 0 Å². The van der Waals surface area contributed by atoms with Crippen LogP contribution in [0.4, 0.5) is 4.39 Å². The lowest BCUT2D eigenvalue weighted by Crippen LogP contribution is -1.88. The zero-order valence-corrected chi connectivity index (χ0v) is 5.51. The molecular weight excluding hydrogens is 131 g/mol. The molecule has 0 saturated heterocycles. The predicted octanol–water partition coefficient (Wildman–Crippen LogP) is 1.80. The average molecular weight is 139 g/mol. The first kappa shape index (κ1) is 7.22.